The van der Waals surface area contributed by atoms with Gasteiger partial charge >= 0.3 is 6.09 Å². The number of hydrogen-bond acceptors (Lipinski definition) is 3. The number of methoxy groups -OCH3 is 1. The van der Waals surface area contributed by atoms with Crippen LogP contribution in [0.25, 0.3) is 0 Å². The van der Waals surface area contributed by atoms with Crippen LogP contribution in [0.2, 0.25) is 0 Å². The summed E-state index contributed by atoms with van der Waals surface area (Å²) in [6, 6.07) is 0.986. The van der Waals surface area contributed by atoms with Gasteiger partial charge in [0.2, 0.25) is 5.88 Å². The average molecular weight is 186 g/mol. The Balaban J connectivity index is 3.01. The number of rotatable bonds is 2. The quantitative estimate of drug-likeness (QED) is 0.730. The summed E-state index contributed by atoms with van der Waals surface area (Å²) in [6.45, 7) is 0. The van der Waals surface area contributed by atoms with Crippen LogP contribution in [0, 0.1) is 5.82 Å². The molecule has 1 amide bonds. The summed E-state index contributed by atoms with van der Waals surface area (Å²) in [6.07, 6.45) is -0.364. The topological polar surface area (TPSA) is 71.5 Å². The van der Waals surface area contributed by atoms with Crippen LogP contribution in [0.3, 0.4) is 0 Å². The monoisotopic (exact) mass is 186 g/mol. The van der Waals surface area contributed by atoms with Crippen LogP contribution in [0.15, 0.2) is 12.3 Å². The number of carboxylic acid groups (broad SMARTS) is 1. The summed E-state index contributed by atoms with van der Waals surface area (Å²) in [4.78, 5) is 13.8. The summed E-state index contributed by atoms with van der Waals surface area (Å²) in [7, 11) is 1.31. The summed E-state index contributed by atoms with van der Waals surface area (Å²) < 4.78 is 17.3. The van der Waals surface area contributed by atoms with Crippen molar-refractivity contribution in [3.8, 4) is 5.88 Å². The van der Waals surface area contributed by atoms with Gasteiger partial charge in [0.1, 0.15) is 11.5 Å². The number of pyridine rings is 1. The van der Waals surface area contributed by atoms with E-state index in [1.807, 2.05) is 5.32 Å². The molecule has 6 heteroatoms. The highest BCUT2D eigenvalue weighted by Gasteiger charge is 2.08. The van der Waals surface area contributed by atoms with E-state index in [0.29, 0.717) is 0 Å². The molecule has 0 bridgehead atoms. The molecule has 0 aliphatic carbocycles. The van der Waals surface area contributed by atoms with Crippen LogP contribution >= 0.6 is 0 Å². The van der Waals surface area contributed by atoms with Gasteiger partial charge in [-0.25, -0.2) is 14.2 Å². The molecule has 0 fully saturated rings. The van der Waals surface area contributed by atoms with Gasteiger partial charge in [-0.15, -0.1) is 0 Å². The Kier molecular flexibility index (Phi) is 2.63. The Morgan fingerprint density at radius 3 is 3.00 bits per heavy atom. The molecule has 1 rings (SSSR count). The van der Waals surface area contributed by atoms with Gasteiger partial charge in [0, 0.05) is 6.07 Å². The first-order valence-electron chi connectivity index (χ1n) is 3.33. The smallest absolute Gasteiger partial charge is 0.409 e. The molecule has 13 heavy (non-hydrogen) atoms. The Labute approximate surface area is 73.2 Å². The molecule has 0 aliphatic heterocycles. The standard InChI is InChI=1S/C7H7FN2O3/c1-13-6-5(10-7(11)12)2-4(8)3-9-6/h2-3,10H,1H3,(H,11,12). The van der Waals surface area contributed by atoms with Crippen LogP contribution in [-0.4, -0.2) is 23.3 Å². The lowest BCUT2D eigenvalue weighted by Gasteiger charge is -2.05. The molecule has 1 aromatic heterocycles. The molecule has 0 aromatic carbocycles. The van der Waals surface area contributed by atoms with E-state index in [2.05, 4.69) is 4.98 Å². The Hall–Kier alpha value is -1.85. The molecule has 0 saturated carbocycles. The van der Waals surface area contributed by atoms with E-state index in [-0.39, 0.29) is 11.6 Å². The van der Waals surface area contributed by atoms with E-state index in [9.17, 15) is 9.18 Å². The minimum atomic E-state index is -1.30. The summed E-state index contributed by atoms with van der Waals surface area (Å²) in [5.74, 6) is -0.603. The number of anilines is 1. The zero-order chi connectivity index (χ0) is 9.84. The SMILES string of the molecule is COc1ncc(F)cc1NC(=O)O. The fraction of sp³-hybridized carbons (Fsp3) is 0.143. The molecule has 0 aliphatic rings. The Bertz CT molecular complexity index is 330. The normalized spacial score (nSPS) is 9.38. The summed E-state index contributed by atoms with van der Waals surface area (Å²) >= 11 is 0. The van der Waals surface area contributed by atoms with E-state index < -0.39 is 11.9 Å². The van der Waals surface area contributed by atoms with Crippen LogP contribution < -0.4 is 10.1 Å². The maximum Gasteiger partial charge on any atom is 0.409 e. The third kappa shape index (κ3) is 2.29. The zero-order valence-electron chi connectivity index (χ0n) is 6.74. The van der Waals surface area contributed by atoms with E-state index in [4.69, 9.17) is 9.84 Å². The molecule has 2 N–H and O–H groups in total. The molecule has 0 radical (unpaired) electrons. The summed E-state index contributed by atoms with van der Waals surface area (Å²) in [5, 5.41) is 10.3. The fourth-order valence-electron chi connectivity index (χ4n) is 0.794. The van der Waals surface area contributed by atoms with Gasteiger partial charge in [0.15, 0.2) is 0 Å². The number of carbonyl (C=O) groups is 1. The lowest BCUT2D eigenvalue weighted by molar-refractivity contribution is 0.209. The van der Waals surface area contributed by atoms with Crippen molar-refractivity contribution < 1.29 is 19.0 Å². The van der Waals surface area contributed by atoms with Crippen LogP contribution in [-0.2, 0) is 0 Å². The van der Waals surface area contributed by atoms with Gasteiger partial charge in [-0.3, -0.25) is 5.32 Å². The Morgan fingerprint density at radius 2 is 2.46 bits per heavy atom. The second-order valence-electron chi connectivity index (χ2n) is 2.14. The molecule has 1 aromatic rings. The first-order valence-corrected chi connectivity index (χ1v) is 3.33. The molecule has 0 spiro atoms. The van der Waals surface area contributed by atoms with E-state index in [1.54, 1.807) is 0 Å². The third-order valence-electron chi connectivity index (χ3n) is 1.25. The van der Waals surface area contributed by atoms with E-state index in [0.717, 1.165) is 12.3 Å². The maximum absolute atomic E-state index is 12.6. The highest BCUT2D eigenvalue weighted by atomic mass is 19.1. The number of aromatic nitrogens is 1. The summed E-state index contributed by atoms with van der Waals surface area (Å²) in [5.41, 5.74) is -0.0185. The van der Waals surface area contributed by atoms with Gasteiger partial charge in [0.25, 0.3) is 0 Å². The first-order chi connectivity index (χ1) is 6.13. The molecular weight excluding hydrogens is 179 g/mol. The van der Waals surface area contributed by atoms with Crippen molar-refractivity contribution in [1.29, 1.82) is 0 Å². The molecule has 5 nitrogen and oxygen atoms in total. The molecule has 70 valence electrons. The predicted octanol–water partition coefficient (Wildman–Crippen LogP) is 1.32. The largest absolute Gasteiger partial charge is 0.480 e. The number of nitrogens with zero attached hydrogens (tertiary/aromatic N) is 1. The molecule has 1 heterocycles. The van der Waals surface area contributed by atoms with Crippen LogP contribution in [0.4, 0.5) is 14.9 Å². The van der Waals surface area contributed by atoms with Crippen molar-refractivity contribution >= 4 is 11.8 Å². The molecule has 0 atom stereocenters. The number of amides is 1. The van der Waals surface area contributed by atoms with Crippen molar-refractivity contribution in [2.45, 2.75) is 0 Å². The average Bonchev–Trinajstić information content (AvgIpc) is 2.03. The number of halogens is 1. The lowest BCUT2D eigenvalue weighted by atomic mass is 10.4. The van der Waals surface area contributed by atoms with Crippen molar-refractivity contribution in [3.63, 3.8) is 0 Å². The molecule has 0 unspecified atom stereocenters. The minimum Gasteiger partial charge on any atom is -0.480 e. The fourth-order valence-corrected chi connectivity index (χ4v) is 0.794. The second kappa shape index (κ2) is 3.70. The predicted molar refractivity (Wildman–Crippen MR) is 42.4 cm³/mol. The van der Waals surface area contributed by atoms with E-state index >= 15 is 0 Å². The molecular formula is C7H7FN2O3. The van der Waals surface area contributed by atoms with Crippen LogP contribution in [0.1, 0.15) is 0 Å². The Morgan fingerprint density at radius 1 is 1.77 bits per heavy atom. The number of hydrogen-bond donors (Lipinski definition) is 2. The second-order valence-corrected chi connectivity index (χ2v) is 2.14. The van der Waals surface area contributed by atoms with Gasteiger partial charge < -0.3 is 9.84 Å². The highest BCUT2D eigenvalue weighted by Crippen LogP contribution is 2.21. The van der Waals surface area contributed by atoms with Crippen molar-refractivity contribution in [2.24, 2.45) is 0 Å². The lowest BCUT2D eigenvalue weighted by Crippen LogP contribution is -2.09. The number of nitrogens with one attached hydrogen (secondary N) is 1. The number of ether oxygens (including phenoxy) is 1. The van der Waals surface area contributed by atoms with Crippen LogP contribution in [0.5, 0.6) is 5.88 Å². The van der Waals surface area contributed by atoms with Gasteiger partial charge in [-0.05, 0) is 0 Å². The zero-order valence-corrected chi connectivity index (χ0v) is 6.74. The van der Waals surface area contributed by atoms with Crippen molar-refractivity contribution in [3.05, 3.63) is 18.1 Å². The minimum absolute atomic E-state index is 0.0185. The van der Waals surface area contributed by atoms with Gasteiger partial charge in [-0.1, -0.05) is 0 Å². The highest BCUT2D eigenvalue weighted by molar-refractivity contribution is 5.84. The molecule has 0 saturated heterocycles. The van der Waals surface area contributed by atoms with Gasteiger partial charge in [-0.2, -0.15) is 0 Å². The van der Waals surface area contributed by atoms with Crippen molar-refractivity contribution in [1.82, 2.24) is 4.98 Å². The van der Waals surface area contributed by atoms with Crippen molar-refractivity contribution in [2.75, 3.05) is 12.4 Å². The van der Waals surface area contributed by atoms with E-state index in [1.165, 1.54) is 7.11 Å². The third-order valence-corrected chi connectivity index (χ3v) is 1.25. The van der Waals surface area contributed by atoms with Gasteiger partial charge in [0.05, 0.1) is 13.3 Å². The maximum atomic E-state index is 12.6. The first kappa shape index (κ1) is 9.24.